The van der Waals surface area contributed by atoms with Crippen molar-refractivity contribution >= 4 is 11.0 Å². The van der Waals surface area contributed by atoms with Crippen LogP contribution in [0.3, 0.4) is 0 Å². The quantitative estimate of drug-likeness (QED) is 0.702. The fourth-order valence-electron chi connectivity index (χ4n) is 1.64. The molecule has 6 heteroatoms. The van der Waals surface area contributed by atoms with Crippen LogP contribution in [0.1, 0.15) is 0 Å². The van der Waals surface area contributed by atoms with E-state index in [2.05, 4.69) is 19.9 Å². The third kappa shape index (κ3) is 1.73. The van der Waals surface area contributed by atoms with Crippen LogP contribution < -0.4 is 5.56 Å². The first-order valence-electron chi connectivity index (χ1n) is 5.19. The highest BCUT2D eigenvalue weighted by molar-refractivity contribution is 5.78. The van der Waals surface area contributed by atoms with Crippen molar-refractivity contribution in [1.82, 2.24) is 19.9 Å². The van der Waals surface area contributed by atoms with E-state index in [1.807, 2.05) is 0 Å². The summed E-state index contributed by atoms with van der Waals surface area (Å²) in [5, 5.41) is 0.376. The Morgan fingerprint density at radius 2 is 2.00 bits per heavy atom. The first-order valence-corrected chi connectivity index (χ1v) is 5.19. The molecule has 0 saturated carbocycles. The second-order valence-electron chi connectivity index (χ2n) is 3.69. The van der Waals surface area contributed by atoms with Crippen molar-refractivity contribution in [2.45, 2.75) is 0 Å². The van der Waals surface area contributed by atoms with Gasteiger partial charge in [-0.05, 0) is 18.2 Å². The molecule has 3 aromatic rings. The molecule has 0 aliphatic rings. The van der Waals surface area contributed by atoms with E-state index in [1.165, 1.54) is 18.5 Å². The summed E-state index contributed by atoms with van der Waals surface area (Å²) in [4.78, 5) is 26.0. The lowest BCUT2D eigenvalue weighted by Gasteiger charge is -2.01. The molecule has 3 rings (SSSR count). The first kappa shape index (κ1) is 10.5. The maximum atomic E-state index is 12.8. The van der Waals surface area contributed by atoms with Crippen LogP contribution in [0.5, 0.6) is 0 Å². The third-order valence-corrected chi connectivity index (χ3v) is 2.52. The molecule has 0 spiro atoms. The van der Waals surface area contributed by atoms with Gasteiger partial charge in [-0.3, -0.25) is 9.78 Å². The number of hydrogen-bond donors (Lipinski definition) is 1. The van der Waals surface area contributed by atoms with Crippen LogP contribution in [0, 0.1) is 5.82 Å². The molecule has 0 radical (unpaired) electrons. The van der Waals surface area contributed by atoms with E-state index in [0.29, 0.717) is 22.3 Å². The molecule has 3 aromatic heterocycles. The fourth-order valence-corrected chi connectivity index (χ4v) is 1.64. The van der Waals surface area contributed by atoms with E-state index in [9.17, 15) is 9.18 Å². The van der Waals surface area contributed by atoms with E-state index in [0.717, 1.165) is 6.20 Å². The lowest BCUT2D eigenvalue weighted by molar-refractivity contribution is 0.622. The monoisotopic (exact) mass is 242 g/mol. The third-order valence-electron chi connectivity index (χ3n) is 2.52. The Balaban J connectivity index is 2.22. The second-order valence-corrected chi connectivity index (χ2v) is 3.69. The van der Waals surface area contributed by atoms with Crippen molar-refractivity contribution in [3.63, 3.8) is 0 Å². The summed E-state index contributed by atoms with van der Waals surface area (Å²) < 4.78 is 12.8. The molecule has 0 aliphatic carbocycles. The minimum Gasteiger partial charge on any atom is -0.313 e. The molecule has 0 saturated heterocycles. The Morgan fingerprint density at radius 3 is 2.78 bits per heavy atom. The van der Waals surface area contributed by atoms with E-state index in [1.54, 1.807) is 12.3 Å². The predicted octanol–water partition coefficient (Wildman–Crippen LogP) is 1.52. The van der Waals surface area contributed by atoms with Crippen LogP contribution >= 0.6 is 0 Å². The summed E-state index contributed by atoms with van der Waals surface area (Å²) >= 11 is 0. The molecule has 1 N–H and O–H groups in total. The van der Waals surface area contributed by atoms with Gasteiger partial charge in [0.15, 0.2) is 5.65 Å². The second kappa shape index (κ2) is 3.99. The van der Waals surface area contributed by atoms with Crippen LogP contribution in [0.25, 0.3) is 22.3 Å². The van der Waals surface area contributed by atoms with Crippen LogP contribution in [-0.4, -0.2) is 19.9 Å². The van der Waals surface area contributed by atoms with Gasteiger partial charge in [-0.1, -0.05) is 0 Å². The molecular weight excluding hydrogens is 235 g/mol. The minimum absolute atomic E-state index is 0.267. The number of rotatable bonds is 1. The normalized spacial score (nSPS) is 10.7. The van der Waals surface area contributed by atoms with Crippen LogP contribution in [-0.2, 0) is 0 Å². The number of hydrogen-bond acceptors (Lipinski definition) is 4. The van der Waals surface area contributed by atoms with Gasteiger partial charge < -0.3 is 4.98 Å². The van der Waals surface area contributed by atoms with E-state index >= 15 is 0 Å². The Hall–Kier alpha value is -2.63. The largest absolute Gasteiger partial charge is 0.313 e. The van der Waals surface area contributed by atoms with Crippen LogP contribution in [0.4, 0.5) is 4.39 Å². The molecule has 0 fully saturated rings. The molecule has 0 bridgehead atoms. The average Bonchev–Trinajstić information content (AvgIpc) is 2.40. The van der Waals surface area contributed by atoms with Crippen LogP contribution in [0.2, 0.25) is 0 Å². The van der Waals surface area contributed by atoms with Crippen LogP contribution in [0.15, 0.2) is 41.7 Å². The smallest absolute Gasteiger partial charge is 0.260 e. The van der Waals surface area contributed by atoms with Crippen molar-refractivity contribution in [2.24, 2.45) is 0 Å². The van der Waals surface area contributed by atoms with Gasteiger partial charge in [0.1, 0.15) is 5.82 Å². The molecule has 5 nitrogen and oxygen atoms in total. The zero-order valence-electron chi connectivity index (χ0n) is 9.09. The highest BCUT2D eigenvalue weighted by atomic mass is 19.1. The number of H-pyrrole nitrogens is 1. The van der Waals surface area contributed by atoms with Crippen molar-refractivity contribution < 1.29 is 4.39 Å². The average molecular weight is 242 g/mol. The van der Waals surface area contributed by atoms with Crippen molar-refractivity contribution in [3.8, 4) is 11.3 Å². The summed E-state index contributed by atoms with van der Waals surface area (Å²) in [6.07, 6.45) is 3.97. The van der Waals surface area contributed by atoms with E-state index in [4.69, 9.17) is 0 Å². The lowest BCUT2D eigenvalue weighted by Crippen LogP contribution is -2.07. The predicted molar refractivity (Wildman–Crippen MR) is 63.3 cm³/mol. The molecule has 3 heterocycles. The molecule has 0 amide bonds. The van der Waals surface area contributed by atoms with Crippen molar-refractivity contribution in [2.75, 3.05) is 0 Å². The number of pyridine rings is 2. The Labute approximate surface area is 100 Å². The number of halogens is 1. The number of nitrogens with zero attached hydrogens (tertiary/aromatic N) is 3. The standard InChI is InChI=1S/C12H7FN4O/c13-8-1-2-10(14-5-8)7-3-9-11(15-4-7)16-6-17-12(9)18/h1-6H,(H,15,16,17,18). The van der Waals surface area contributed by atoms with Gasteiger partial charge in [-0.15, -0.1) is 0 Å². The van der Waals surface area contributed by atoms with Gasteiger partial charge in [0.2, 0.25) is 0 Å². The molecular formula is C12H7FN4O. The van der Waals surface area contributed by atoms with Gasteiger partial charge >= 0.3 is 0 Å². The lowest BCUT2D eigenvalue weighted by atomic mass is 10.1. The topological polar surface area (TPSA) is 71.5 Å². The summed E-state index contributed by atoms with van der Waals surface area (Å²) in [6.45, 7) is 0. The number of aromatic amines is 1. The summed E-state index contributed by atoms with van der Waals surface area (Å²) in [5.41, 5.74) is 1.29. The van der Waals surface area contributed by atoms with Crippen molar-refractivity contribution in [1.29, 1.82) is 0 Å². The van der Waals surface area contributed by atoms with Gasteiger partial charge in [0.05, 0.1) is 23.6 Å². The van der Waals surface area contributed by atoms with E-state index < -0.39 is 5.82 Å². The Kier molecular flexibility index (Phi) is 2.33. The summed E-state index contributed by atoms with van der Waals surface area (Å²) in [6, 6.07) is 4.47. The zero-order valence-corrected chi connectivity index (χ0v) is 9.09. The maximum Gasteiger partial charge on any atom is 0.260 e. The Bertz CT molecular complexity index is 767. The first-order chi connectivity index (χ1) is 8.74. The molecule has 0 atom stereocenters. The van der Waals surface area contributed by atoms with Gasteiger partial charge in [-0.25, -0.2) is 14.4 Å². The maximum absolute atomic E-state index is 12.8. The highest BCUT2D eigenvalue weighted by Gasteiger charge is 2.05. The van der Waals surface area contributed by atoms with Gasteiger partial charge in [-0.2, -0.15) is 0 Å². The molecule has 88 valence electrons. The number of aromatic nitrogens is 4. The highest BCUT2D eigenvalue weighted by Crippen LogP contribution is 2.18. The number of nitrogens with one attached hydrogen (secondary N) is 1. The zero-order chi connectivity index (χ0) is 12.5. The molecule has 18 heavy (non-hydrogen) atoms. The fraction of sp³-hybridized carbons (Fsp3) is 0. The minimum atomic E-state index is -0.410. The molecule has 0 aliphatic heterocycles. The molecule has 0 unspecified atom stereocenters. The summed E-state index contributed by atoms with van der Waals surface area (Å²) in [7, 11) is 0. The van der Waals surface area contributed by atoms with Crippen molar-refractivity contribution in [3.05, 3.63) is 53.1 Å². The summed E-state index contributed by atoms with van der Waals surface area (Å²) in [5.74, 6) is -0.410. The van der Waals surface area contributed by atoms with Gasteiger partial charge in [0.25, 0.3) is 5.56 Å². The SMILES string of the molecule is O=c1[nH]cnc2ncc(-c3ccc(F)cn3)cc12. The Morgan fingerprint density at radius 1 is 1.11 bits per heavy atom. The number of fused-ring (bicyclic) bond motifs is 1. The van der Waals surface area contributed by atoms with Gasteiger partial charge in [0, 0.05) is 11.8 Å². The molecule has 0 aromatic carbocycles. The van der Waals surface area contributed by atoms with E-state index in [-0.39, 0.29) is 5.56 Å².